The fourth-order valence-electron chi connectivity index (χ4n) is 2.96. The van der Waals surface area contributed by atoms with Gasteiger partial charge in [-0.05, 0) is 47.3 Å². The van der Waals surface area contributed by atoms with Crippen molar-refractivity contribution in [2.45, 2.75) is 0 Å². The van der Waals surface area contributed by atoms with Crippen LogP contribution in [0.15, 0.2) is 67.0 Å². The molecular weight excluding hydrogens is 330 g/mol. The highest BCUT2D eigenvalue weighted by molar-refractivity contribution is 7.22. The summed E-state index contributed by atoms with van der Waals surface area (Å²) in [4.78, 5) is 5.25. The van der Waals surface area contributed by atoms with E-state index in [1.807, 2.05) is 18.2 Å². The normalized spacial score (nSPS) is 10.8. The van der Waals surface area contributed by atoms with Gasteiger partial charge in [0.05, 0.1) is 14.2 Å². The van der Waals surface area contributed by atoms with Gasteiger partial charge in [-0.25, -0.2) is 0 Å². The van der Waals surface area contributed by atoms with Crippen molar-refractivity contribution >= 4 is 21.4 Å². The Kier molecular flexibility index (Phi) is 4.12. The number of fused-ring (bicyclic) bond motifs is 1. The van der Waals surface area contributed by atoms with E-state index in [0.717, 1.165) is 33.1 Å². The van der Waals surface area contributed by atoms with Gasteiger partial charge in [0.15, 0.2) is 0 Å². The van der Waals surface area contributed by atoms with Crippen molar-refractivity contribution in [3.8, 4) is 33.1 Å². The molecule has 0 saturated heterocycles. The average molecular weight is 347 g/mol. The largest absolute Gasteiger partial charge is 0.496 e. The number of benzene rings is 2. The van der Waals surface area contributed by atoms with Gasteiger partial charge in [0.2, 0.25) is 0 Å². The predicted molar refractivity (Wildman–Crippen MR) is 104 cm³/mol. The second-order valence-electron chi connectivity index (χ2n) is 5.64. The Bertz CT molecular complexity index is 992. The van der Waals surface area contributed by atoms with Crippen molar-refractivity contribution in [3.63, 3.8) is 0 Å². The zero-order valence-electron chi connectivity index (χ0n) is 14.0. The zero-order chi connectivity index (χ0) is 17.2. The molecule has 4 rings (SSSR count). The van der Waals surface area contributed by atoms with Crippen molar-refractivity contribution in [1.82, 2.24) is 4.98 Å². The Morgan fingerprint density at radius 1 is 0.800 bits per heavy atom. The summed E-state index contributed by atoms with van der Waals surface area (Å²) in [6, 6.07) is 18.6. The number of hydrogen-bond donors (Lipinski definition) is 0. The summed E-state index contributed by atoms with van der Waals surface area (Å²) in [6.07, 6.45) is 3.56. The molecule has 0 unspecified atom stereocenters. The van der Waals surface area contributed by atoms with Gasteiger partial charge >= 0.3 is 0 Å². The summed E-state index contributed by atoms with van der Waals surface area (Å²) >= 11 is 1.76. The number of methoxy groups -OCH3 is 2. The van der Waals surface area contributed by atoms with E-state index < -0.39 is 0 Å². The molecule has 0 spiro atoms. The van der Waals surface area contributed by atoms with Crippen LogP contribution in [-0.4, -0.2) is 19.2 Å². The molecule has 4 heteroatoms. The van der Waals surface area contributed by atoms with Crippen LogP contribution in [0.25, 0.3) is 31.7 Å². The van der Waals surface area contributed by atoms with Crippen LogP contribution in [0.2, 0.25) is 0 Å². The lowest BCUT2D eigenvalue weighted by Gasteiger charge is -2.14. The Hall–Kier alpha value is -2.85. The summed E-state index contributed by atoms with van der Waals surface area (Å²) < 4.78 is 12.6. The molecule has 0 saturated carbocycles. The van der Waals surface area contributed by atoms with E-state index in [9.17, 15) is 0 Å². The molecule has 0 bridgehead atoms. The maximum Gasteiger partial charge on any atom is 0.128 e. The van der Waals surface area contributed by atoms with Crippen LogP contribution in [0.3, 0.4) is 0 Å². The van der Waals surface area contributed by atoms with Crippen LogP contribution in [0.5, 0.6) is 11.5 Å². The first-order chi connectivity index (χ1) is 12.3. The molecular formula is C21H17NO2S. The van der Waals surface area contributed by atoms with E-state index in [1.165, 1.54) is 10.1 Å². The lowest BCUT2D eigenvalue weighted by atomic mass is 10.0. The van der Waals surface area contributed by atoms with Gasteiger partial charge in [-0.2, -0.15) is 0 Å². The molecule has 0 aliphatic carbocycles. The van der Waals surface area contributed by atoms with E-state index in [-0.39, 0.29) is 0 Å². The van der Waals surface area contributed by atoms with Gasteiger partial charge in [-0.15, -0.1) is 11.3 Å². The Morgan fingerprint density at radius 3 is 2.20 bits per heavy atom. The monoisotopic (exact) mass is 347 g/mol. The Morgan fingerprint density at radius 2 is 1.48 bits per heavy atom. The van der Waals surface area contributed by atoms with E-state index >= 15 is 0 Å². The van der Waals surface area contributed by atoms with E-state index in [4.69, 9.17) is 9.47 Å². The van der Waals surface area contributed by atoms with Crippen LogP contribution in [0, 0.1) is 0 Å². The number of thiophene rings is 1. The number of nitrogens with zero attached hydrogens (tertiary/aromatic N) is 1. The summed E-state index contributed by atoms with van der Waals surface area (Å²) in [5.74, 6) is 1.65. The molecule has 2 aromatic heterocycles. The second-order valence-corrected chi connectivity index (χ2v) is 6.72. The molecule has 3 nitrogen and oxygen atoms in total. The molecule has 4 aromatic rings. The Balaban J connectivity index is 1.91. The SMILES string of the molecule is COc1cc(-c2cc3ccccc3s2)c(OC)cc1-c1ccncc1. The second kappa shape index (κ2) is 6.57. The molecule has 0 fully saturated rings. The molecule has 0 amide bonds. The summed E-state index contributed by atoms with van der Waals surface area (Å²) in [7, 11) is 3.40. The van der Waals surface area contributed by atoms with Crippen molar-refractivity contribution in [1.29, 1.82) is 0 Å². The summed E-state index contributed by atoms with van der Waals surface area (Å²) in [5, 5.41) is 1.24. The third-order valence-corrected chi connectivity index (χ3v) is 5.35. The summed E-state index contributed by atoms with van der Waals surface area (Å²) in [6.45, 7) is 0. The van der Waals surface area contributed by atoms with Crippen molar-refractivity contribution in [3.05, 3.63) is 67.0 Å². The quantitative estimate of drug-likeness (QED) is 0.478. The molecule has 25 heavy (non-hydrogen) atoms. The fourth-order valence-corrected chi connectivity index (χ4v) is 4.05. The van der Waals surface area contributed by atoms with Gasteiger partial charge in [-0.3, -0.25) is 4.98 Å². The smallest absolute Gasteiger partial charge is 0.128 e. The molecule has 124 valence electrons. The minimum absolute atomic E-state index is 0.819. The Labute approximate surface area is 150 Å². The fraction of sp³-hybridized carbons (Fsp3) is 0.0952. The molecule has 0 aliphatic heterocycles. The first-order valence-corrected chi connectivity index (χ1v) is 8.77. The van der Waals surface area contributed by atoms with Crippen LogP contribution < -0.4 is 9.47 Å². The predicted octanol–water partition coefficient (Wildman–Crippen LogP) is 5.65. The number of aromatic nitrogens is 1. The number of pyridine rings is 1. The van der Waals surface area contributed by atoms with Crippen LogP contribution >= 0.6 is 11.3 Å². The highest BCUT2D eigenvalue weighted by Crippen LogP contribution is 2.44. The van der Waals surface area contributed by atoms with Crippen molar-refractivity contribution in [2.75, 3.05) is 14.2 Å². The molecule has 2 aromatic carbocycles. The molecule has 0 atom stereocenters. The lowest BCUT2D eigenvalue weighted by Crippen LogP contribution is -1.93. The highest BCUT2D eigenvalue weighted by atomic mass is 32.1. The average Bonchev–Trinajstić information content (AvgIpc) is 3.11. The van der Waals surface area contributed by atoms with Gasteiger partial charge in [0.1, 0.15) is 11.5 Å². The minimum atomic E-state index is 0.819. The molecule has 0 aliphatic rings. The first-order valence-electron chi connectivity index (χ1n) is 7.95. The maximum absolute atomic E-state index is 5.69. The van der Waals surface area contributed by atoms with Crippen LogP contribution in [0.4, 0.5) is 0 Å². The lowest BCUT2D eigenvalue weighted by molar-refractivity contribution is 0.406. The van der Waals surface area contributed by atoms with Gasteiger partial charge < -0.3 is 9.47 Å². The summed E-state index contributed by atoms with van der Waals surface area (Å²) in [5.41, 5.74) is 3.08. The highest BCUT2D eigenvalue weighted by Gasteiger charge is 2.16. The van der Waals surface area contributed by atoms with Gasteiger partial charge in [-0.1, -0.05) is 18.2 Å². The standard InChI is InChI=1S/C21H17NO2S/c1-23-18-13-17(21-11-15-5-3-4-6-20(15)25-21)19(24-2)12-16(18)14-7-9-22-10-8-14/h3-13H,1-2H3. The van der Waals surface area contributed by atoms with Crippen molar-refractivity contribution < 1.29 is 9.47 Å². The number of ether oxygens (including phenoxy) is 2. The van der Waals surface area contributed by atoms with Gasteiger partial charge in [0.25, 0.3) is 0 Å². The van der Waals surface area contributed by atoms with E-state index in [2.05, 4.69) is 41.4 Å². The van der Waals surface area contributed by atoms with E-state index in [0.29, 0.717) is 0 Å². The third-order valence-electron chi connectivity index (χ3n) is 4.20. The van der Waals surface area contributed by atoms with Crippen molar-refractivity contribution in [2.24, 2.45) is 0 Å². The molecule has 0 radical (unpaired) electrons. The van der Waals surface area contributed by atoms with Crippen LogP contribution in [-0.2, 0) is 0 Å². The van der Waals surface area contributed by atoms with Crippen LogP contribution in [0.1, 0.15) is 0 Å². The first kappa shape index (κ1) is 15.7. The topological polar surface area (TPSA) is 31.4 Å². The maximum atomic E-state index is 5.69. The molecule has 0 N–H and O–H groups in total. The zero-order valence-corrected chi connectivity index (χ0v) is 14.8. The van der Waals surface area contributed by atoms with E-state index in [1.54, 1.807) is 38.0 Å². The third kappa shape index (κ3) is 2.85. The number of hydrogen-bond acceptors (Lipinski definition) is 4. The van der Waals surface area contributed by atoms with Gasteiger partial charge in [0, 0.05) is 33.1 Å². The number of rotatable bonds is 4. The molecule has 2 heterocycles. The minimum Gasteiger partial charge on any atom is -0.496 e.